The first kappa shape index (κ1) is 88.9. The van der Waals surface area contributed by atoms with Crippen molar-refractivity contribution in [3.8, 4) is 113 Å². The van der Waals surface area contributed by atoms with Crippen LogP contribution in [0.5, 0.6) is 29.3 Å². The van der Waals surface area contributed by atoms with Crippen molar-refractivity contribution in [2.24, 2.45) is 0 Å². The fourth-order valence-electron chi connectivity index (χ4n) is 13.3. The smallest absolute Gasteiger partial charge is 0.321 e. The zero-order valence-corrected chi connectivity index (χ0v) is 71.8. The van der Waals surface area contributed by atoms with Crippen LogP contribution in [0.25, 0.3) is 128 Å². The number of hydrogen-bond acceptors (Lipinski definition) is 24. The van der Waals surface area contributed by atoms with Gasteiger partial charge in [0.2, 0.25) is 23.8 Å². The lowest BCUT2D eigenvalue weighted by atomic mass is 10.0. The lowest BCUT2D eigenvalue weighted by Gasteiger charge is -2.09. The molecule has 0 unspecified atom stereocenters. The number of aromatic amines is 4. The molecule has 0 aliphatic carbocycles. The SMILES string of the molecule is CCNC(=O)Nc1nc2c(-c3cc(OC)ccn3)cc(-c3cnc(OC)nc3)cc2[nH]1.CCNC(=O)Nc1nc2c(-c3cc(OCC)ccn3)cc(-c3cccnc3)cc2[nH]1.CCNC(=O)Nc1nc2c(-c3cc(OCC)ccn3)cc(-c3cnc(OC)nc3)cc2[nH]1.CCNC(=O)Nc1nc2c(-c3ccccn3)cc(-n3cnc(C(=O)NCc4ccc(F)cc4)c3)cc2[nH]1. The standard InChI is InChI=1S/C26H23FN8O2.C22H23N7O3.C22H22N6O2.C21H21N7O3/c1-2-28-26(37)34-25-32-21-12-18(11-19(23(21)33-25)20-5-3-4-10-29-20)35-14-22(31-15-35)24(36)30-13-16-6-8-17(27)9-7-16;1-4-23-21(30)29-20-27-18-9-13(14-11-25-22(31-3)26-12-14)8-16(19(18)28-20)17-10-15(32-5-2)6-7-24-17;1-3-24-22(29)28-21-26-19-11-15(14-6-5-8-23-13-14)10-17(20(19)27-21)18-12-16(30-4-2)7-9-25-18;1-4-22-20(29)28-19-26-17-8-12(13-10-24-21(31-3)25-11-13)7-15(18(17)27-19)16-9-14(30-2)5-6-23-16/h3-12,14-15H,2,13H2,1H3,(H,30,36)(H3,28,32,33,34,37);6-12H,4-5H2,1-3H3,(H3,23,27,28,29,30);5-13H,3-4H2,1-2H3,(H3,24,26,27,28,29);5-11H,4H2,1-3H3,(H3,22,26,27,28,29). The number of imidazole rings is 5. The van der Waals surface area contributed by atoms with E-state index < -0.39 is 0 Å². The molecule has 17 aromatic rings. The molecule has 9 amide bonds. The number of urea groups is 4. The number of nitrogens with one attached hydrogen (secondary N) is 13. The van der Waals surface area contributed by atoms with Crippen molar-refractivity contribution < 1.29 is 52.0 Å². The predicted octanol–water partition coefficient (Wildman–Crippen LogP) is 15.1. The van der Waals surface area contributed by atoms with Gasteiger partial charge in [-0.2, -0.15) is 0 Å². The number of pyridine rings is 5. The molecule has 0 aliphatic heterocycles. The van der Waals surface area contributed by atoms with Crippen LogP contribution < -0.4 is 71.5 Å². The highest BCUT2D eigenvalue weighted by atomic mass is 19.1. The van der Waals surface area contributed by atoms with E-state index in [-0.39, 0.29) is 60.1 Å². The average Bonchev–Trinajstić information content (AvgIpc) is 1.55. The van der Waals surface area contributed by atoms with Crippen LogP contribution in [0.2, 0.25) is 0 Å². The summed E-state index contributed by atoms with van der Waals surface area (Å²) >= 11 is 0. The zero-order valence-electron chi connectivity index (χ0n) is 71.8. The monoisotopic (exact) mass is 1750 g/mol. The Balaban J connectivity index is 0.000000140. The Labute approximate surface area is 741 Å². The molecule has 38 nitrogen and oxygen atoms in total. The van der Waals surface area contributed by atoms with Gasteiger partial charge in [0.15, 0.2) is 0 Å². The molecule has 0 aliphatic rings. The summed E-state index contributed by atoms with van der Waals surface area (Å²) in [6, 6.07) is 41.0. The maximum atomic E-state index is 13.1. The summed E-state index contributed by atoms with van der Waals surface area (Å²) in [4.78, 5) is 135. The minimum atomic E-state index is -0.368. The Morgan fingerprint density at radius 2 is 0.792 bits per heavy atom. The molecule has 0 bridgehead atoms. The second-order valence-electron chi connectivity index (χ2n) is 28.0. The Hall–Kier alpha value is -17.4. The summed E-state index contributed by atoms with van der Waals surface area (Å²) in [5.74, 6) is 2.74. The Bertz CT molecular complexity index is 6820. The van der Waals surface area contributed by atoms with E-state index in [4.69, 9.17) is 23.7 Å². The second kappa shape index (κ2) is 42.3. The van der Waals surface area contributed by atoms with Crippen LogP contribution in [0.15, 0.2) is 214 Å². The zero-order chi connectivity index (χ0) is 91.0. The van der Waals surface area contributed by atoms with E-state index in [0.717, 1.165) is 89.2 Å². The van der Waals surface area contributed by atoms with Crippen molar-refractivity contribution in [1.82, 2.24) is 121 Å². The van der Waals surface area contributed by atoms with Gasteiger partial charge in [0, 0.05) is 164 Å². The lowest BCUT2D eigenvalue weighted by molar-refractivity contribution is 0.0946. The number of H-pyrrole nitrogens is 4. The first-order valence-electron chi connectivity index (χ1n) is 41.0. The van der Waals surface area contributed by atoms with Gasteiger partial charge >= 0.3 is 36.1 Å². The van der Waals surface area contributed by atoms with Crippen molar-refractivity contribution in [3.05, 3.63) is 231 Å². The Morgan fingerprint density at radius 1 is 0.377 bits per heavy atom. The number of ether oxygens (including phenoxy) is 5. The maximum absolute atomic E-state index is 13.1. The summed E-state index contributed by atoms with van der Waals surface area (Å²) in [5.41, 5.74) is 18.4. The molecular weight excluding hydrogens is 1660 g/mol. The van der Waals surface area contributed by atoms with Crippen LogP contribution in [-0.4, -0.2) is 185 Å². The van der Waals surface area contributed by atoms with Gasteiger partial charge in [-0.3, -0.25) is 51.0 Å². The first-order valence-corrected chi connectivity index (χ1v) is 41.0. The van der Waals surface area contributed by atoms with Crippen molar-refractivity contribution in [1.29, 1.82) is 0 Å². The Morgan fingerprint density at radius 3 is 1.19 bits per heavy atom. The van der Waals surface area contributed by atoms with E-state index in [1.165, 1.54) is 26.4 Å². The van der Waals surface area contributed by atoms with Gasteiger partial charge < -0.3 is 74.8 Å². The van der Waals surface area contributed by atoms with Crippen LogP contribution in [0.1, 0.15) is 57.6 Å². The highest BCUT2D eigenvalue weighted by Gasteiger charge is 2.23. The van der Waals surface area contributed by atoms with Gasteiger partial charge in [-0.1, -0.05) is 24.3 Å². The number of aromatic nitrogens is 19. The largest absolute Gasteiger partial charge is 0.497 e. The quantitative estimate of drug-likeness (QED) is 0.0239. The van der Waals surface area contributed by atoms with E-state index in [0.29, 0.717) is 125 Å². The third kappa shape index (κ3) is 22.2. The van der Waals surface area contributed by atoms with E-state index in [9.17, 15) is 28.4 Å². The van der Waals surface area contributed by atoms with Crippen molar-refractivity contribution >= 4 is 98.0 Å². The number of carbonyl (C=O) groups is 5. The summed E-state index contributed by atoms with van der Waals surface area (Å²) in [6.45, 7) is 14.6. The van der Waals surface area contributed by atoms with E-state index in [1.54, 1.807) is 110 Å². The van der Waals surface area contributed by atoms with Crippen molar-refractivity contribution in [2.45, 2.75) is 48.1 Å². The fourth-order valence-corrected chi connectivity index (χ4v) is 13.3. The molecule has 0 saturated carbocycles. The van der Waals surface area contributed by atoms with Crippen LogP contribution in [-0.2, 0) is 6.54 Å². The van der Waals surface area contributed by atoms with Crippen LogP contribution in [0, 0.1) is 5.82 Å². The number of anilines is 4. The lowest BCUT2D eigenvalue weighted by Crippen LogP contribution is -2.28. The number of rotatable bonds is 26. The van der Waals surface area contributed by atoms with Crippen molar-refractivity contribution in [2.75, 3.05) is 82.0 Å². The molecule has 12 heterocycles. The molecule has 0 atom stereocenters. The summed E-state index contributed by atoms with van der Waals surface area (Å²) in [7, 11) is 4.63. The van der Waals surface area contributed by atoms with Gasteiger partial charge in [0.05, 0.1) is 95.9 Å². The number of nitrogens with zero attached hydrogens (tertiary/aromatic N) is 15. The fraction of sp³-hybridized carbons (Fsp3) is 0.176. The minimum absolute atomic E-state index is 0.227. The van der Waals surface area contributed by atoms with E-state index >= 15 is 0 Å². The summed E-state index contributed by atoms with van der Waals surface area (Å²) in [5, 5.41) is 24.4. The third-order valence-electron chi connectivity index (χ3n) is 19.2. The first-order chi connectivity index (χ1) is 63.4. The number of fused-ring (bicyclic) bond motifs is 4. The van der Waals surface area contributed by atoms with Gasteiger partial charge in [0.1, 0.15) is 40.6 Å². The van der Waals surface area contributed by atoms with E-state index in [2.05, 4.69) is 138 Å². The molecular formula is C91H89FN28O10. The number of carbonyl (C=O) groups excluding carboxylic acids is 5. The molecule has 13 N–H and O–H groups in total. The number of methoxy groups -OCH3 is 3. The Kier molecular flexibility index (Phi) is 28.9. The maximum Gasteiger partial charge on any atom is 0.321 e. The van der Waals surface area contributed by atoms with Crippen LogP contribution in [0.3, 0.4) is 0 Å². The minimum Gasteiger partial charge on any atom is -0.497 e. The number of benzene rings is 5. The van der Waals surface area contributed by atoms with Gasteiger partial charge in [-0.05, 0) is 161 Å². The molecule has 130 heavy (non-hydrogen) atoms. The van der Waals surface area contributed by atoms with Gasteiger partial charge in [0.25, 0.3) is 5.91 Å². The number of amides is 9. The second-order valence-corrected chi connectivity index (χ2v) is 28.0. The average molecular weight is 1750 g/mol. The van der Waals surface area contributed by atoms with E-state index in [1.807, 2.05) is 145 Å². The predicted molar refractivity (Wildman–Crippen MR) is 490 cm³/mol. The highest BCUT2D eigenvalue weighted by Crippen LogP contribution is 2.39. The summed E-state index contributed by atoms with van der Waals surface area (Å²) < 4.78 is 41.5. The molecule has 0 spiro atoms. The van der Waals surface area contributed by atoms with Gasteiger partial charge in [-0.15, -0.1) is 0 Å². The topological polar surface area (TPSA) is 488 Å². The highest BCUT2D eigenvalue weighted by molar-refractivity contribution is 6.02. The molecule has 660 valence electrons. The van der Waals surface area contributed by atoms with Crippen LogP contribution >= 0.6 is 0 Å². The molecule has 17 rings (SSSR count). The number of hydrogen-bond donors (Lipinski definition) is 13. The molecule has 39 heteroatoms. The van der Waals surface area contributed by atoms with Gasteiger partial charge in [-0.25, -0.2) is 68.4 Å². The molecule has 12 aromatic heterocycles. The molecule has 0 radical (unpaired) electrons. The third-order valence-corrected chi connectivity index (χ3v) is 19.2. The normalized spacial score (nSPS) is 10.8. The molecule has 0 fully saturated rings. The van der Waals surface area contributed by atoms with Crippen LogP contribution in [0.4, 0.5) is 47.4 Å². The summed E-state index contributed by atoms with van der Waals surface area (Å²) in [6.07, 6.45) is 20.2. The number of halogens is 1. The molecule has 5 aromatic carbocycles. The van der Waals surface area contributed by atoms with Crippen molar-refractivity contribution in [3.63, 3.8) is 0 Å². The molecule has 0 saturated heterocycles.